The average Bonchev–Trinajstić information content (AvgIpc) is 2.43. The van der Waals surface area contributed by atoms with E-state index in [-0.39, 0.29) is 0 Å². The van der Waals surface area contributed by atoms with Gasteiger partial charge in [-0.3, -0.25) is 4.98 Å². The number of hydrogen-bond acceptors (Lipinski definition) is 1. The van der Waals surface area contributed by atoms with Crippen molar-refractivity contribution >= 4 is 0 Å². The van der Waals surface area contributed by atoms with Crippen LogP contribution in [-0.2, 0) is 6.54 Å². The lowest BCUT2D eigenvalue weighted by Gasteiger charge is -2.34. The monoisotopic (exact) mass is 249 g/mol. The predicted molar refractivity (Wildman–Crippen MR) is 73.7 cm³/mol. The Balaban J connectivity index is 1.80. The number of quaternary nitrogens is 2. The van der Waals surface area contributed by atoms with Crippen molar-refractivity contribution in [2.75, 3.05) is 26.2 Å². The highest BCUT2D eigenvalue weighted by Crippen LogP contribution is 1.93. The molecule has 0 aliphatic carbocycles. The molecule has 3 heteroatoms. The van der Waals surface area contributed by atoms with Crippen LogP contribution in [0.5, 0.6) is 0 Å². The van der Waals surface area contributed by atoms with Crippen LogP contribution in [0.25, 0.3) is 0 Å². The smallest absolute Gasteiger partial charge is 0.127 e. The molecule has 100 valence electrons. The van der Waals surface area contributed by atoms with Gasteiger partial charge in [0.15, 0.2) is 0 Å². The van der Waals surface area contributed by atoms with Gasteiger partial charge >= 0.3 is 0 Å². The van der Waals surface area contributed by atoms with Crippen molar-refractivity contribution in [2.45, 2.75) is 39.3 Å². The number of piperazine rings is 1. The van der Waals surface area contributed by atoms with E-state index in [1.807, 2.05) is 23.4 Å². The number of hydrogen-bond donors (Lipinski definition) is 2. The first-order valence-corrected chi connectivity index (χ1v) is 7.40. The largest absolute Gasteiger partial charge is 0.323 e. The summed E-state index contributed by atoms with van der Waals surface area (Å²) >= 11 is 0. The summed E-state index contributed by atoms with van der Waals surface area (Å²) in [4.78, 5) is 7.75. The van der Waals surface area contributed by atoms with Crippen LogP contribution in [0.3, 0.4) is 0 Å². The second-order valence-corrected chi connectivity index (χ2v) is 5.46. The summed E-state index contributed by atoms with van der Waals surface area (Å²) in [6.45, 7) is 11.1. The Morgan fingerprint density at radius 3 is 2.44 bits per heavy atom. The molecule has 0 saturated carbocycles. The molecule has 1 aliphatic rings. The average molecular weight is 249 g/mol. The summed E-state index contributed by atoms with van der Waals surface area (Å²) in [6.07, 6.45) is 6.51. The Morgan fingerprint density at radius 1 is 1.17 bits per heavy atom. The van der Waals surface area contributed by atoms with E-state index in [0.29, 0.717) is 0 Å². The van der Waals surface area contributed by atoms with E-state index in [0.717, 1.165) is 12.6 Å². The molecule has 1 fully saturated rings. The number of aromatic nitrogens is 1. The third-order valence-corrected chi connectivity index (χ3v) is 4.34. The second-order valence-electron chi connectivity index (χ2n) is 5.46. The third-order valence-electron chi connectivity index (χ3n) is 4.34. The fraction of sp³-hybridized carbons (Fsp3) is 0.667. The van der Waals surface area contributed by atoms with Crippen LogP contribution in [0.1, 0.15) is 32.3 Å². The molecule has 3 nitrogen and oxygen atoms in total. The maximum Gasteiger partial charge on any atom is 0.127 e. The van der Waals surface area contributed by atoms with E-state index in [9.17, 15) is 0 Å². The Hall–Kier alpha value is -0.930. The normalized spacial score (nSPS) is 24.4. The van der Waals surface area contributed by atoms with E-state index in [4.69, 9.17) is 0 Å². The lowest BCUT2D eigenvalue weighted by molar-refractivity contribution is -1.03. The molecule has 1 saturated heterocycles. The summed E-state index contributed by atoms with van der Waals surface area (Å²) in [5.74, 6) is 0. The topological polar surface area (TPSA) is 21.8 Å². The SMILES string of the molecule is CCC(CC)[NH+]1CC[NH+](Cc2cccnc2)CC1. The fourth-order valence-corrected chi connectivity index (χ4v) is 3.17. The molecule has 2 rings (SSSR count). The fourth-order valence-electron chi connectivity index (χ4n) is 3.17. The predicted octanol–water partition coefficient (Wildman–Crippen LogP) is -0.446. The maximum absolute atomic E-state index is 4.20. The van der Waals surface area contributed by atoms with Gasteiger partial charge in [0.1, 0.15) is 32.7 Å². The molecule has 0 radical (unpaired) electrons. The first-order chi connectivity index (χ1) is 8.83. The first kappa shape index (κ1) is 13.5. The minimum absolute atomic E-state index is 0.880. The molecule has 0 bridgehead atoms. The van der Waals surface area contributed by atoms with Crippen molar-refractivity contribution in [3.63, 3.8) is 0 Å². The zero-order chi connectivity index (χ0) is 12.8. The standard InChI is InChI=1S/C15H25N3/c1-3-15(4-2)18-10-8-17(9-11-18)13-14-6-5-7-16-12-14/h5-7,12,15H,3-4,8-11,13H2,1-2H3/p+2. The Labute approximate surface area is 111 Å². The molecular weight excluding hydrogens is 222 g/mol. The summed E-state index contributed by atoms with van der Waals surface area (Å²) in [5, 5.41) is 0. The molecule has 2 N–H and O–H groups in total. The van der Waals surface area contributed by atoms with Crippen molar-refractivity contribution in [3.05, 3.63) is 30.1 Å². The molecule has 0 amide bonds. The molecular formula is C15H27N3+2. The van der Waals surface area contributed by atoms with Crippen LogP contribution in [0.15, 0.2) is 24.5 Å². The molecule has 0 spiro atoms. The lowest BCUT2D eigenvalue weighted by atomic mass is 10.1. The molecule has 1 aromatic rings. The van der Waals surface area contributed by atoms with Gasteiger partial charge in [0.2, 0.25) is 0 Å². The van der Waals surface area contributed by atoms with E-state index in [2.05, 4.69) is 24.9 Å². The maximum atomic E-state index is 4.20. The van der Waals surface area contributed by atoms with Crippen LogP contribution in [-0.4, -0.2) is 37.2 Å². The van der Waals surface area contributed by atoms with E-state index < -0.39 is 0 Å². The van der Waals surface area contributed by atoms with Gasteiger partial charge in [-0.2, -0.15) is 0 Å². The first-order valence-electron chi connectivity index (χ1n) is 7.40. The third kappa shape index (κ3) is 3.53. The lowest BCUT2D eigenvalue weighted by Crippen LogP contribution is -3.29. The van der Waals surface area contributed by atoms with Crippen molar-refractivity contribution in [3.8, 4) is 0 Å². The highest BCUT2D eigenvalue weighted by Gasteiger charge is 2.27. The van der Waals surface area contributed by atoms with Gasteiger partial charge in [0.25, 0.3) is 0 Å². The van der Waals surface area contributed by atoms with Gasteiger partial charge in [-0.25, -0.2) is 0 Å². The highest BCUT2D eigenvalue weighted by molar-refractivity contribution is 5.06. The quantitative estimate of drug-likeness (QED) is 0.725. The van der Waals surface area contributed by atoms with Gasteiger partial charge in [-0.15, -0.1) is 0 Å². The van der Waals surface area contributed by atoms with Crippen molar-refractivity contribution in [1.29, 1.82) is 0 Å². The molecule has 0 unspecified atom stereocenters. The van der Waals surface area contributed by atoms with Crippen LogP contribution in [0, 0.1) is 0 Å². The van der Waals surface area contributed by atoms with Gasteiger partial charge in [-0.05, 0) is 18.9 Å². The minimum Gasteiger partial charge on any atom is -0.323 e. The second kappa shape index (κ2) is 6.86. The molecule has 2 heterocycles. The van der Waals surface area contributed by atoms with Crippen LogP contribution in [0.4, 0.5) is 0 Å². The Morgan fingerprint density at radius 2 is 1.89 bits per heavy atom. The number of nitrogens with one attached hydrogen (secondary N) is 2. The van der Waals surface area contributed by atoms with E-state index in [1.165, 1.54) is 44.6 Å². The van der Waals surface area contributed by atoms with Gasteiger partial charge < -0.3 is 9.80 Å². The van der Waals surface area contributed by atoms with E-state index in [1.54, 1.807) is 4.90 Å². The van der Waals surface area contributed by atoms with Crippen molar-refractivity contribution in [1.82, 2.24) is 4.98 Å². The Bertz CT molecular complexity index is 327. The van der Waals surface area contributed by atoms with Gasteiger partial charge in [0.05, 0.1) is 6.04 Å². The zero-order valence-electron chi connectivity index (χ0n) is 11.8. The number of pyridine rings is 1. The zero-order valence-corrected chi connectivity index (χ0v) is 11.8. The molecule has 18 heavy (non-hydrogen) atoms. The molecule has 0 atom stereocenters. The Kier molecular flexibility index (Phi) is 5.14. The molecule has 0 aromatic carbocycles. The van der Waals surface area contributed by atoms with Crippen LogP contribution >= 0.6 is 0 Å². The van der Waals surface area contributed by atoms with Gasteiger partial charge in [0, 0.05) is 18.0 Å². The van der Waals surface area contributed by atoms with Crippen molar-refractivity contribution in [2.24, 2.45) is 0 Å². The summed E-state index contributed by atoms with van der Waals surface area (Å²) in [7, 11) is 0. The molecule has 1 aromatic heterocycles. The number of rotatable bonds is 5. The van der Waals surface area contributed by atoms with E-state index >= 15 is 0 Å². The summed E-state index contributed by atoms with van der Waals surface area (Å²) < 4.78 is 0. The van der Waals surface area contributed by atoms with Crippen LogP contribution < -0.4 is 9.80 Å². The summed E-state index contributed by atoms with van der Waals surface area (Å²) in [5.41, 5.74) is 1.37. The van der Waals surface area contributed by atoms with Crippen molar-refractivity contribution < 1.29 is 9.80 Å². The van der Waals surface area contributed by atoms with Crippen LogP contribution in [0.2, 0.25) is 0 Å². The van der Waals surface area contributed by atoms with Gasteiger partial charge in [-0.1, -0.05) is 19.9 Å². The highest BCUT2D eigenvalue weighted by atomic mass is 15.3. The minimum atomic E-state index is 0.880. The summed E-state index contributed by atoms with van der Waals surface area (Å²) in [6, 6.07) is 5.12. The number of nitrogens with zero attached hydrogens (tertiary/aromatic N) is 1. The molecule has 1 aliphatic heterocycles.